The molecule has 1 aromatic heterocycles. The smallest absolute Gasteiger partial charge is 0.199 e. The topological polar surface area (TPSA) is 32.5 Å². The molecule has 2 aliphatic rings. The number of rotatable bonds is 6. The highest BCUT2D eigenvalue weighted by Gasteiger charge is 2.19. The summed E-state index contributed by atoms with van der Waals surface area (Å²) < 4.78 is 5.12. The van der Waals surface area contributed by atoms with Gasteiger partial charge in [-0.25, -0.2) is 4.68 Å². The van der Waals surface area contributed by atoms with Gasteiger partial charge in [-0.15, -0.1) is 0 Å². The van der Waals surface area contributed by atoms with Crippen molar-refractivity contribution in [2.45, 2.75) is 19.8 Å². The highest BCUT2D eigenvalue weighted by atomic mass is 32.2. The van der Waals surface area contributed by atoms with Crippen LogP contribution >= 0.6 is 24.0 Å². The van der Waals surface area contributed by atoms with Gasteiger partial charge in [-0.3, -0.25) is 14.4 Å². The molecule has 0 bridgehead atoms. The van der Waals surface area contributed by atoms with Gasteiger partial charge in [0.15, 0.2) is 4.77 Å². The lowest BCUT2D eigenvalue weighted by Crippen LogP contribution is -2.45. The predicted molar refractivity (Wildman–Crippen MR) is 118 cm³/mol. The first kappa shape index (κ1) is 20.1. The first-order valence-electron chi connectivity index (χ1n) is 10.1. The summed E-state index contributed by atoms with van der Waals surface area (Å²) in [6, 6.07) is 10.6. The van der Waals surface area contributed by atoms with E-state index in [1.165, 1.54) is 17.1 Å². The number of piperazine rings is 1. The molecule has 6 nitrogen and oxygen atoms in total. The molecule has 8 heteroatoms. The number of aromatic nitrogens is 3. The minimum atomic E-state index is 0.789. The fourth-order valence-corrected chi connectivity index (χ4v) is 5.01. The van der Waals surface area contributed by atoms with Gasteiger partial charge in [-0.05, 0) is 24.8 Å². The highest BCUT2D eigenvalue weighted by molar-refractivity contribution is 7.99. The Kier molecular flexibility index (Phi) is 6.85. The summed E-state index contributed by atoms with van der Waals surface area (Å²) in [7, 11) is 2.19. The van der Waals surface area contributed by atoms with Gasteiger partial charge in [0.2, 0.25) is 0 Å². The summed E-state index contributed by atoms with van der Waals surface area (Å²) in [5, 5.41) is 4.98. The van der Waals surface area contributed by atoms with Crippen molar-refractivity contribution in [2.24, 2.45) is 0 Å². The Morgan fingerprint density at radius 1 is 0.929 bits per heavy atom. The molecule has 0 amide bonds. The lowest BCUT2D eigenvalue weighted by Gasteiger charge is -2.31. The molecular formula is C20H30N6S2. The maximum Gasteiger partial charge on any atom is 0.199 e. The molecule has 0 radical (unpaired) electrons. The molecule has 1 aromatic carbocycles. The first-order valence-corrected chi connectivity index (χ1v) is 11.7. The van der Waals surface area contributed by atoms with Crippen LogP contribution in [0.3, 0.4) is 0 Å². The minimum absolute atomic E-state index is 0.789. The molecule has 3 heterocycles. The normalized spacial score (nSPS) is 19.9. The van der Waals surface area contributed by atoms with E-state index in [2.05, 4.69) is 56.6 Å². The Hall–Kier alpha value is -1.19. The molecule has 28 heavy (non-hydrogen) atoms. The second-order valence-corrected chi connectivity index (χ2v) is 9.31. The predicted octanol–water partition coefficient (Wildman–Crippen LogP) is 2.22. The van der Waals surface area contributed by atoms with Gasteiger partial charge >= 0.3 is 0 Å². The van der Waals surface area contributed by atoms with Crippen LogP contribution in [0.25, 0.3) is 0 Å². The highest BCUT2D eigenvalue weighted by Crippen LogP contribution is 2.15. The number of likely N-dealkylation sites (N-methyl/N-ethyl adjacent to an activating group) is 1. The molecule has 2 aliphatic heterocycles. The molecule has 4 rings (SSSR count). The summed E-state index contributed by atoms with van der Waals surface area (Å²) in [4.78, 5) is 7.34. The van der Waals surface area contributed by atoms with Crippen molar-refractivity contribution < 1.29 is 0 Å². The van der Waals surface area contributed by atoms with E-state index in [4.69, 9.17) is 17.3 Å². The zero-order chi connectivity index (χ0) is 19.3. The zero-order valence-electron chi connectivity index (χ0n) is 16.7. The Bertz CT molecular complexity index is 804. The zero-order valence-corrected chi connectivity index (χ0v) is 18.3. The standard InChI is InChI=1S/C20H30N6S2/c1-22-7-9-24(10-8-22)17-26-20(27)25(15-18-5-3-2-4-6-18)19(21-26)16-23-11-13-28-14-12-23/h2-6H,7-17H2,1H3. The number of hydrogen-bond acceptors (Lipinski definition) is 6. The van der Waals surface area contributed by atoms with Crippen molar-refractivity contribution in [3.63, 3.8) is 0 Å². The van der Waals surface area contributed by atoms with Crippen molar-refractivity contribution in [1.82, 2.24) is 29.0 Å². The van der Waals surface area contributed by atoms with E-state index in [-0.39, 0.29) is 0 Å². The SMILES string of the molecule is CN1CCN(Cn2nc(CN3CCSCC3)n(Cc3ccccc3)c2=S)CC1. The maximum absolute atomic E-state index is 5.88. The fraction of sp³-hybridized carbons (Fsp3) is 0.600. The lowest BCUT2D eigenvalue weighted by molar-refractivity contribution is 0.118. The Morgan fingerprint density at radius 3 is 2.36 bits per heavy atom. The monoisotopic (exact) mass is 418 g/mol. The molecule has 0 unspecified atom stereocenters. The third-order valence-electron chi connectivity index (χ3n) is 5.58. The third kappa shape index (κ3) is 5.04. The molecule has 2 aromatic rings. The van der Waals surface area contributed by atoms with Crippen molar-refractivity contribution in [1.29, 1.82) is 0 Å². The van der Waals surface area contributed by atoms with Crippen LogP contribution in [0, 0.1) is 4.77 Å². The van der Waals surface area contributed by atoms with E-state index in [1.54, 1.807) is 0 Å². The van der Waals surface area contributed by atoms with Crippen LogP contribution in [0.2, 0.25) is 0 Å². The quantitative estimate of drug-likeness (QED) is 0.669. The number of hydrogen-bond donors (Lipinski definition) is 0. The molecular weight excluding hydrogens is 388 g/mol. The largest absolute Gasteiger partial charge is 0.304 e. The summed E-state index contributed by atoms with van der Waals surface area (Å²) in [5.41, 5.74) is 1.27. The summed E-state index contributed by atoms with van der Waals surface area (Å²) in [5.74, 6) is 3.51. The van der Waals surface area contributed by atoms with Crippen LogP contribution in [0.1, 0.15) is 11.4 Å². The fourth-order valence-electron chi connectivity index (χ4n) is 3.76. The molecule has 0 aliphatic carbocycles. The van der Waals surface area contributed by atoms with E-state index in [9.17, 15) is 0 Å². The van der Waals surface area contributed by atoms with E-state index < -0.39 is 0 Å². The Labute approximate surface area is 177 Å². The van der Waals surface area contributed by atoms with Crippen LogP contribution in [0.5, 0.6) is 0 Å². The average molecular weight is 419 g/mol. The molecule has 152 valence electrons. The van der Waals surface area contributed by atoms with E-state index in [0.717, 1.165) is 69.6 Å². The van der Waals surface area contributed by atoms with Crippen molar-refractivity contribution in [3.05, 3.63) is 46.5 Å². The molecule has 0 atom stereocenters. The van der Waals surface area contributed by atoms with Crippen molar-refractivity contribution >= 4 is 24.0 Å². The number of benzene rings is 1. The van der Waals surface area contributed by atoms with Gasteiger partial charge in [0.1, 0.15) is 5.82 Å². The maximum atomic E-state index is 5.88. The average Bonchev–Trinajstić information content (AvgIpc) is 3.00. The van der Waals surface area contributed by atoms with Crippen LogP contribution in [-0.4, -0.2) is 86.9 Å². The summed E-state index contributed by atoms with van der Waals surface area (Å²) in [6.07, 6.45) is 0. The minimum Gasteiger partial charge on any atom is -0.304 e. The van der Waals surface area contributed by atoms with Crippen LogP contribution in [-0.2, 0) is 19.8 Å². The molecule has 0 N–H and O–H groups in total. The second kappa shape index (κ2) is 9.54. The lowest BCUT2D eigenvalue weighted by atomic mass is 10.2. The summed E-state index contributed by atoms with van der Waals surface area (Å²) in [6.45, 7) is 9.09. The second-order valence-electron chi connectivity index (χ2n) is 7.72. The molecule has 2 saturated heterocycles. The van der Waals surface area contributed by atoms with Crippen LogP contribution in [0.4, 0.5) is 0 Å². The molecule has 0 saturated carbocycles. The summed E-state index contributed by atoms with van der Waals surface area (Å²) >= 11 is 7.92. The Morgan fingerprint density at radius 2 is 1.64 bits per heavy atom. The van der Waals surface area contributed by atoms with Gasteiger partial charge in [-0.1, -0.05) is 30.3 Å². The van der Waals surface area contributed by atoms with Gasteiger partial charge in [0.05, 0.1) is 19.8 Å². The van der Waals surface area contributed by atoms with E-state index in [1.807, 2.05) is 16.4 Å². The van der Waals surface area contributed by atoms with Crippen molar-refractivity contribution in [2.75, 3.05) is 57.8 Å². The van der Waals surface area contributed by atoms with Gasteiger partial charge in [0.25, 0.3) is 0 Å². The van der Waals surface area contributed by atoms with Gasteiger partial charge < -0.3 is 4.90 Å². The van der Waals surface area contributed by atoms with Gasteiger partial charge in [0, 0.05) is 50.8 Å². The van der Waals surface area contributed by atoms with Crippen LogP contribution < -0.4 is 0 Å². The molecule has 0 spiro atoms. The Balaban J connectivity index is 1.56. The first-order chi connectivity index (χ1) is 13.7. The number of thioether (sulfide) groups is 1. The van der Waals surface area contributed by atoms with Gasteiger partial charge in [-0.2, -0.15) is 16.9 Å². The number of nitrogens with zero attached hydrogens (tertiary/aromatic N) is 6. The van der Waals surface area contributed by atoms with Crippen molar-refractivity contribution in [3.8, 4) is 0 Å². The van der Waals surface area contributed by atoms with Crippen LogP contribution in [0.15, 0.2) is 30.3 Å². The third-order valence-corrected chi connectivity index (χ3v) is 6.96. The van der Waals surface area contributed by atoms with E-state index >= 15 is 0 Å². The van der Waals surface area contributed by atoms with E-state index in [0.29, 0.717) is 0 Å². The molecule has 2 fully saturated rings.